The predicted molar refractivity (Wildman–Crippen MR) is 151 cm³/mol. The van der Waals surface area contributed by atoms with Gasteiger partial charge in [0.2, 0.25) is 11.8 Å². The zero-order valence-corrected chi connectivity index (χ0v) is 24.0. The Kier molecular flexibility index (Phi) is 10.1. The van der Waals surface area contributed by atoms with E-state index in [1.54, 1.807) is 18.2 Å². The summed E-state index contributed by atoms with van der Waals surface area (Å²) in [6.45, 7) is 6.80. The molecule has 39 heavy (non-hydrogen) atoms. The second-order valence-electron chi connectivity index (χ2n) is 9.73. The van der Waals surface area contributed by atoms with Crippen molar-refractivity contribution in [1.29, 1.82) is 0 Å². The molecule has 2 amide bonds. The third-order valence-electron chi connectivity index (χ3n) is 6.15. The highest BCUT2D eigenvalue weighted by molar-refractivity contribution is 7.92. The van der Waals surface area contributed by atoms with Crippen LogP contribution in [0.2, 0.25) is 5.02 Å². The van der Waals surface area contributed by atoms with E-state index in [-0.39, 0.29) is 28.6 Å². The van der Waals surface area contributed by atoms with Crippen LogP contribution in [0.25, 0.3) is 0 Å². The molecule has 0 saturated carbocycles. The van der Waals surface area contributed by atoms with E-state index in [0.29, 0.717) is 11.6 Å². The Morgan fingerprint density at radius 1 is 0.949 bits per heavy atom. The molecule has 0 saturated heterocycles. The quantitative estimate of drug-likeness (QED) is 0.343. The van der Waals surface area contributed by atoms with Crippen LogP contribution in [-0.2, 0) is 26.2 Å². The zero-order valence-electron chi connectivity index (χ0n) is 22.4. The van der Waals surface area contributed by atoms with Gasteiger partial charge in [-0.25, -0.2) is 12.8 Å². The number of sulfonamides is 1. The largest absolute Gasteiger partial charge is 0.354 e. The molecule has 3 aromatic carbocycles. The van der Waals surface area contributed by atoms with E-state index in [4.69, 9.17) is 11.6 Å². The van der Waals surface area contributed by atoms with Crippen LogP contribution in [0, 0.1) is 18.7 Å². The number of hydrogen-bond acceptors (Lipinski definition) is 4. The van der Waals surface area contributed by atoms with Crippen molar-refractivity contribution in [3.63, 3.8) is 0 Å². The van der Waals surface area contributed by atoms with Gasteiger partial charge in [-0.05, 0) is 62.2 Å². The Bertz CT molecular complexity index is 1400. The van der Waals surface area contributed by atoms with Crippen molar-refractivity contribution < 1.29 is 22.4 Å². The van der Waals surface area contributed by atoms with E-state index in [1.807, 2.05) is 20.8 Å². The third-order valence-corrected chi connectivity index (χ3v) is 8.19. The lowest BCUT2D eigenvalue weighted by Crippen LogP contribution is -2.51. The zero-order chi connectivity index (χ0) is 28.7. The standard InChI is InChI=1S/C29H33ClFN3O4S/c1-20(2)17-32-29(36)22(4)33(18-23-7-5-6-8-27(23)31)28(35)19-34(25-13-11-24(30)12-14-25)39(37,38)26-15-9-21(3)10-16-26/h5-16,20,22H,17-19H2,1-4H3,(H,32,36). The number of nitrogens with one attached hydrogen (secondary N) is 1. The van der Waals surface area contributed by atoms with Crippen LogP contribution in [0.1, 0.15) is 31.9 Å². The molecule has 1 unspecified atom stereocenters. The molecule has 3 aromatic rings. The van der Waals surface area contributed by atoms with Gasteiger partial charge < -0.3 is 10.2 Å². The monoisotopic (exact) mass is 573 g/mol. The Hall–Kier alpha value is -3.43. The number of anilines is 1. The minimum Gasteiger partial charge on any atom is -0.354 e. The summed E-state index contributed by atoms with van der Waals surface area (Å²) in [6, 6.07) is 17.3. The highest BCUT2D eigenvalue weighted by atomic mass is 35.5. The third kappa shape index (κ3) is 7.80. The van der Waals surface area contributed by atoms with Crippen LogP contribution in [-0.4, -0.2) is 44.3 Å². The summed E-state index contributed by atoms with van der Waals surface area (Å²) < 4.78 is 43.1. The average Bonchev–Trinajstić information content (AvgIpc) is 2.90. The predicted octanol–water partition coefficient (Wildman–Crippen LogP) is 5.17. The molecule has 208 valence electrons. The van der Waals surface area contributed by atoms with Gasteiger partial charge in [-0.2, -0.15) is 0 Å². The number of halogens is 2. The van der Waals surface area contributed by atoms with E-state index in [0.717, 1.165) is 9.87 Å². The lowest BCUT2D eigenvalue weighted by molar-refractivity contribution is -0.139. The first-order valence-corrected chi connectivity index (χ1v) is 14.4. The molecule has 0 aliphatic heterocycles. The Balaban J connectivity index is 2.01. The smallest absolute Gasteiger partial charge is 0.264 e. The molecule has 0 aromatic heterocycles. The molecule has 0 aliphatic rings. The molecule has 0 aliphatic carbocycles. The summed E-state index contributed by atoms with van der Waals surface area (Å²) in [4.78, 5) is 28.0. The van der Waals surface area contributed by atoms with Gasteiger partial charge >= 0.3 is 0 Å². The number of benzene rings is 3. The minimum atomic E-state index is -4.19. The van der Waals surface area contributed by atoms with Gasteiger partial charge in [0.25, 0.3) is 10.0 Å². The topological polar surface area (TPSA) is 86.8 Å². The first-order valence-electron chi connectivity index (χ1n) is 12.6. The van der Waals surface area contributed by atoms with Crippen molar-refractivity contribution in [3.05, 3.63) is 94.8 Å². The van der Waals surface area contributed by atoms with Gasteiger partial charge in [-0.15, -0.1) is 0 Å². The van der Waals surface area contributed by atoms with Crippen LogP contribution >= 0.6 is 11.6 Å². The van der Waals surface area contributed by atoms with Crippen molar-refractivity contribution >= 4 is 39.1 Å². The van der Waals surface area contributed by atoms with Crippen LogP contribution < -0.4 is 9.62 Å². The number of amides is 2. The van der Waals surface area contributed by atoms with Crippen molar-refractivity contribution in [2.45, 2.75) is 45.2 Å². The molecule has 10 heteroatoms. The van der Waals surface area contributed by atoms with Crippen LogP contribution in [0.4, 0.5) is 10.1 Å². The van der Waals surface area contributed by atoms with Gasteiger partial charge in [0.1, 0.15) is 18.4 Å². The van der Waals surface area contributed by atoms with E-state index >= 15 is 0 Å². The summed E-state index contributed by atoms with van der Waals surface area (Å²) in [5, 5.41) is 3.19. The summed E-state index contributed by atoms with van der Waals surface area (Å²) in [5.41, 5.74) is 1.30. The number of hydrogen-bond donors (Lipinski definition) is 1. The summed E-state index contributed by atoms with van der Waals surface area (Å²) in [7, 11) is -4.19. The molecule has 3 rings (SSSR count). The molecule has 0 fully saturated rings. The SMILES string of the molecule is Cc1ccc(S(=O)(=O)N(CC(=O)N(Cc2ccccc2F)C(C)C(=O)NCC(C)C)c2ccc(Cl)cc2)cc1. The highest BCUT2D eigenvalue weighted by Crippen LogP contribution is 2.26. The molecular formula is C29H33ClFN3O4S. The fourth-order valence-corrected chi connectivity index (χ4v) is 5.36. The van der Waals surface area contributed by atoms with E-state index in [2.05, 4.69) is 5.32 Å². The van der Waals surface area contributed by atoms with Crippen LogP contribution in [0.3, 0.4) is 0 Å². The summed E-state index contributed by atoms with van der Waals surface area (Å²) in [6.07, 6.45) is 0. The fourth-order valence-electron chi connectivity index (χ4n) is 3.82. The molecule has 0 bridgehead atoms. The maximum atomic E-state index is 14.6. The molecule has 1 atom stereocenters. The number of nitrogens with zero attached hydrogens (tertiary/aromatic N) is 2. The number of carbonyl (C=O) groups excluding carboxylic acids is 2. The van der Waals surface area contributed by atoms with Gasteiger partial charge in [0.05, 0.1) is 10.6 Å². The molecule has 7 nitrogen and oxygen atoms in total. The normalized spacial score (nSPS) is 12.2. The number of aryl methyl sites for hydroxylation is 1. The van der Waals surface area contributed by atoms with E-state index < -0.39 is 40.2 Å². The Labute approximate surface area is 234 Å². The first kappa shape index (κ1) is 30.1. The van der Waals surface area contributed by atoms with Crippen LogP contribution in [0.5, 0.6) is 0 Å². The maximum absolute atomic E-state index is 14.6. The molecule has 1 N–H and O–H groups in total. The van der Waals surface area contributed by atoms with Gasteiger partial charge in [0.15, 0.2) is 0 Å². The number of carbonyl (C=O) groups is 2. The van der Waals surface area contributed by atoms with Crippen molar-refractivity contribution in [1.82, 2.24) is 10.2 Å². The second kappa shape index (κ2) is 13.1. The second-order valence-corrected chi connectivity index (χ2v) is 12.0. The molecule has 0 heterocycles. The van der Waals surface area contributed by atoms with Gasteiger partial charge in [-0.1, -0.05) is 61.3 Å². The molecular weight excluding hydrogens is 541 g/mol. The molecule has 0 spiro atoms. The lowest BCUT2D eigenvalue weighted by Gasteiger charge is -2.32. The summed E-state index contributed by atoms with van der Waals surface area (Å²) >= 11 is 6.03. The Morgan fingerprint density at radius 3 is 2.15 bits per heavy atom. The fraction of sp³-hybridized carbons (Fsp3) is 0.310. The van der Waals surface area contributed by atoms with Crippen molar-refractivity contribution in [3.8, 4) is 0 Å². The summed E-state index contributed by atoms with van der Waals surface area (Å²) in [5.74, 6) is -1.45. The minimum absolute atomic E-state index is 0.000714. The maximum Gasteiger partial charge on any atom is 0.264 e. The average molecular weight is 574 g/mol. The van der Waals surface area contributed by atoms with Gasteiger partial charge in [0, 0.05) is 23.7 Å². The first-order chi connectivity index (χ1) is 18.4. The number of rotatable bonds is 11. The van der Waals surface area contributed by atoms with Crippen molar-refractivity contribution in [2.75, 3.05) is 17.4 Å². The van der Waals surface area contributed by atoms with E-state index in [9.17, 15) is 22.4 Å². The van der Waals surface area contributed by atoms with Crippen LogP contribution in [0.15, 0.2) is 77.7 Å². The van der Waals surface area contributed by atoms with Crippen molar-refractivity contribution in [2.24, 2.45) is 5.92 Å². The lowest BCUT2D eigenvalue weighted by atomic mass is 10.1. The van der Waals surface area contributed by atoms with E-state index in [1.165, 1.54) is 66.4 Å². The Morgan fingerprint density at radius 2 is 1.56 bits per heavy atom. The van der Waals surface area contributed by atoms with Gasteiger partial charge in [-0.3, -0.25) is 13.9 Å². The highest BCUT2D eigenvalue weighted by Gasteiger charge is 2.32. The molecule has 0 radical (unpaired) electrons.